The van der Waals surface area contributed by atoms with Crippen LogP contribution in [0.1, 0.15) is 12.8 Å². The molecule has 1 aromatic rings. The van der Waals surface area contributed by atoms with Gasteiger partial charge in [0.05, 0.1) is 25.9 Å². The fourth-order valence-electron chi connectivity index (χ4n) is 2.34. The number of hydrogen-bond donors (Lipinski definition) is 3. The van der Waals surface area contributed by atoms with Crippen LogP contribution in [0, 0.1) is 0 Å². The molecule has 1 heterocycles. The van der Waals surface area contributed by atoms with Gasteiger partial charge in [-0.1, -0.05) is 0 Å². The molecule has 1 aliphatic rings. The lowest BCUT2D eigenvalue weighted by Crippen LogP contribution is -2.36. The lowest BCUT2D eigenvalue weighted by molar-refractivity contribution is -0.123. The summed E-state index contributed by atoms with van der Waals surface area (Å²) in [6, 6.07) is 5.06. The fraction of sp³-hybridized carbons (Fsp3) is 0.400. The van der Waals surface area contributed by atoms with Crippen LogP contribution in [0.25, 0.3) is 0 Å². The molecular weight excluding hydrogens is 300 g/mol. The predicted octanol–water partition coefficient (Wildman–Crippen LogP) is -0.165. The van der Waals surface area contributed by atoms with Gasteiger partial charge in [0.15, 0.2) is 0 Å². The van der Waals surface area contributed by atoms with Crippen molar-refractivity contribution in [2.24, 2.45) is 5.73 Å². The van der Waals surface area contributed by atoms with Crippen molar-refractivity contribution in [1.29, 1.82) is 0 Å². The van der Waals surface area contributed by atoms with E-state index in [1.165, 1.54) is 7.11 Å². The third-order valence-corrected chi connectivity index (χ3v) is 3.46. The molecule has 2 rings (SSSR count). The van der Waals surface area contributed by atoms with Gasteiger partial charge in [-0.2, -0.15) is 0 Å². The second-order valence-electron chi connectivity index (χ2n) is 5.06. The summed E-state index contributed by atoms with van der Waals surface area (Å²) in [5, 5.41) is 5.03. The monoisotopic (exact) mass is 320 g/mol. The highest BCUT2D eigenvalue weighted by Gasteiger charge is 2.24. The number of anilines is 2. The molecule has 8 nitrogen and oxygen atoms in total. The van der Waals surface area contributed by atoms with E-state index in [0.717, 1.165) is 6.42 Å². The van der Waals surface area contributed by atoms with Crippen LogP contribution in [0.5, 0.6) is 5.75 Å². The summed E-state index contributed by atoms with van der Waals surface area (Å²) >= 11 is 0. The van der Waals surface area contributed by atoms with E-state index in [1.807, 2.05) is 0 Å². The van der Waals surface area contributed by atoms with Crippen molar-refractivity contribution in [3.8, 4) is 5.75 Å². The first-order chi connectivity index (χ1) is 11.0. The average molecular weight is 320 g/mol. The lowest BCUT2D eigenvalue weighted by atomic mass is 10.2. The van der Waals surface area contributed by atoms with Crippen molar-refractivity contribution in [3.05, 3.63) is 18.2 Å². The van der Waals surface area contributed by atoms with Gasteiger partial charge >= 0.3 is 0 Å². The van der Waals surface area contributed by atoms with Gasteiger partial charge in [0, 0.05) is 24.7 Å². The molecule has 1 saturated heterocycles. The summed E-state index contributed by atoms with van der Waals surface area (Å²) in [5.74, 6) is -0.215. The molecule has 0 saturated carbocycles. The maximum absolute atomic E-state index is 11.8. The molecule has 4 N–H and O–H groups in total. The van der Waals surface area contributed by atoms with Gasteiger partial charge in [0.1, 0.15) is 5.75 Å². The van der Waals surface area contributed by atoms with E-state index in [4.69, 9.17) is 10.5 Å². The highest BCUT2D eigenvalue weighted by atomic mass is 16.5. The van der Waals surface area contributed by atoms with E-state index < -0.39 is 5.91 Å². The topological polar surface area (TPSA) is 114 Å². The van der Waals surface area contributed by atoms with Gasteiger partial charge in [-0.25, -0.2) is 0 Å². The number of nitrogens with one attached hydrogen (secondary N) is 2. The van der Waals surface area contributed by atoms with Crippen molar-refractivity contribution in [2.45, 2.75) is 12.8 Å². The summed E-state index contributed by atoms with van der Waals surface area (Å²) < 4.78 is 5.31. The van der Waals surface area contributed by atoms with Gasteiger partial charge in [-0.3, -0.25) is 14.4 Å². The molecular formula is C15H20N4O4. The summed E-state index contributed by atoms with van der Waals surface area (Å²) in [4.78, 5) is 36.3. The predicted molar refractivity (Wildman–Crippen MR) is 85.3 cm³/mol. The Morgan fingerprint density at radius 1 is 1.35 bits per heavy atom. The first-order valence-corrected chi connectivity index (χ1v) is 7.30. The first-order valence-electron chi connectivity index (χ1n) is 7.30. The number of carbonyl (C=O) groups is 3. The van der Waals surface area contributed by atoms with E-state index >= 15 is 0 Å². The normalized spacial score (nSPS) is 13.8. The number of nitrogens with zero attached hydrogens (tertiary/aromatic N) is 1. The number of nitrogens with two attached hydrogens (primary N) is 1. The molecule has 0 bridgehead atoms. The molecule has 23 heavy (non-hydrogen) atoms. The smallest absolute Gasteiger partial charge is 0.243 e. The Kier molecular flexibility index (Phi) is 5.53. The summed E-state index contributed by atoms with van der Waals surface area (Å²) in [7, 11) is 1.51. The van der Waals surface area contributed by atoms with Crippen molar-refractivity contribution in [3.63, 3.8) is 0 Å². The Hall–Kier alpha value is -2.61. The summed E-state index contributed by atoms with van der Waals surface area (Å²) in [6.45, 7) is 0.330. The number of carbonyl (C=O) groups excluding carboxylic acids is 3. The third kappa shape index (κ3) is 4.19. The van der Waals surface area contributed by atoms with Crippen LogP contribution in [0.4, 0.5) is 11.4 Å². The van der Waals surface area contributed by atoms with Crippen LogP contribution < -0.4 is 26.0 Å². The number of amides is 3. The van der Waals surface area contributed by atoms with E-state index in [-0.39, 0.29) is 24.9 Å². The minimum atomic E-state index is -0.402. The molecule has 0 unspecified atom stereocenters. The zero-order valence-electron chi connectivity index (χ0n) is 12.9. The highest BCUT2D eigenvalue weighted by Crippen LogP contribution is 2.33. The van der Waals surface area contributed by atoms with Gasteiger partial charge in [0.25, 0.3) is 0 Å². The van der Waals surface area contributed by atoms with Crippen molar-refractivity contribution < 1.29 is 19.1 Å². The van der Waals surface area contributed by atoms with Crippen LogP contribution in [-0.4, -0.2) is 44.5 Å². The van der Waals surface area contributed by atoms with Crippen LogP contribution in [0.3, 0.4) is 0 Å². The van der Waals surface area contributed by atoms with Gasteiger partial charge in [-0.15, -0.1) is 0 Å². The molecule has 1 aromatic carbocycles. The Morgan fingerprint density at radius 2 is 2.13 bits per heavy atom. The molecule has 1 aliphatic heterocycles. The number of rotatable bonds is 6. The minimum absolute atomic E-state index is 0.0598. The maximum Gasteiger partial charge on any atom is 0.243 e. The van der Waals surface area contributed by atoms with Gasteiger partial charge in [-0.05, 0) is 18.6 Å². The number of hydrogen-bond acceptors (Lipinski definition) is 5. The Balaban J connectivity index is 2.05. The second kappa shape index (κ2) is 7.59. The van der Waals surface area contributed by atoms with Gasteiger partial charge in [0.2, 0.25) is 17.7 Å². The Labute approximate surface area is 134 Å². The highest BCUT2D eigenvalue weighted by molar-refractivity contribution is 5.98. The second-order valence-corrected chi connectivity index (χ2v) is 5.06. The van der Waals surface area contributed by atoms with Crippen molar-refractivity contribution in [1.82, 2.24) is 5.32 Å². The lowest BCUT2D eigenvalue weighted by Gasteiger charge is -2.19. The largest absolute Gasteiger partial charge is 0.494 e. The third-order valence-electron chi connectivity index (χ3n) is 3.46. The standard InChI is InChI=1S/C15H20N4O4/c1-23-12-7-10(18-14(21)9-17-13(20)8-16)4-5-11(12)19-6-2-3-15(19)22/h4-5,7H,2-3,6,8-9,16H2,1H3,(H,17,20)(H,18,21). The van der Waals surface area contributed by atoms with Crippen LogP contribution in [0.2, 0.25) is 0 Å². The van der Waals surface area contributed by atoms with E-state index in [1.54, 1.807) is 23.1 Å². The average Bonchev–Trinajstić information content (AvgIpc) is 2.98. The van der Waals surface area contributed by atoms with Gasteiger partial charge < -0.3 is 26.0 Å². The van der Waals surface area contributed by atoms with Crippen LogP contribution >= 0.6 is 0 Å². The Morgan fingerprint density at radius 3 is 2.74 bits per heavy atom. The molecule has 0 aromatic heterocycles. The molecule has 0 spiro atoms. The number of benzene rings is 1. The van der Waals surface area contributed by atoms with Crippen LogP contribution in [0.15, 0.2) is 18.2 Å². The molecule has 0 radical (unpaired) electrons. The van der Waals surface area contributed by atoms with E-state index in [2.05, 4.69) is 10.6 Å². The number of ether oxygens (including phenoxy) is 1. The molecule has 1 fully saturated rings. The molecule has 124 valence electrons. The van der Waals surface area contributed by atoms with E-state index in [0.29, 0.717) is 30.1 Å². The number of methoxy groups -OCH3 is 1. The first kappa shape index (κ1) is 16.8. The maximum atomic E-state index is 11.8. The molecule has 8 heteroatoms. The quantitative estimate of drug-likeness (QED) is 0.674. The fourth-order valence-corrected chi connectivity index (χ4v) is 2.34. The SMILES string of the molecule is COc1cc(NC(=O)CNC(=O)CN)ccc1N1CCCC1=O. The molecule has 3 amide bonds. The summed E-state index contributed by atoms with van der Waals surface area (Å²) in [6.07, 6.45) is 1.35. The van der Waals surface area contributed by atoms with Crippen LogP contribution in [-0.2, 0) is 14.4 Å². The zero-order valence-corrected chi connectivity index (χ0v) is 12.9. The summed E-state index contributed by atoms with van der Waals surface area (Å²) in [5.41, 5.74) is 6.35. The van der Waals surface area contributed by atoms with Crippen molar-refractivity contribution in [2.75, 3.05) is 37.0 Å². The zero-order chi connectivity index (χ0) is 16.8. The minimum Gasteiger partial charge on any atom is -0.494 e. The van der Waals surface area contributed by atoms with E-state index in [9.17, 15) is 14.4 Å². The Bertz CT molecular complexity index is 617. The molecule has 0 aliphatic carbocycles. The van der Waals surface area contributed by atoms with Crippen molar-refractivity contribution >= 4 is 29.1 Å². The molecule has 0 atom stereocenters.